The van der Waals surface area contributed by atoms with Crippen molar-refractivity contribution in [3.05, 3.63) is 48.0 Å². The van der Waals surface area contributed by atoms with Crippen molar-refractivity contribution in [1.82, 2.24) is 0 Å². The SMILES string of the molecule is CCCCC=CC=CC=CCCCCCCCC(=O)O.O=C1O[C@H]([C@@H](O)CO)C(O)=C1O. The third-order valence-electron chi connectivity index (χ3n) is 4.57. The summed E-state index contributed by atoms with van der Waals surface area (Å²) in [6.45, 7) is 1.54. The predicted molar refractivity (Wildman–Crippen MR) is 122 cm³/mol. The van der Waals surface area contributed by atoms with Gasteiger partial charge in [-0.25, -0.2) is 4.79 Å². The van der Waals surface area contributed by atoms with Crippen molar-refractivity contribution in [1.29, 1.82) is 0 Å². The van der Waals surface area contributed by atoms with Crippen LogP contribution in [-0.4, -0.2) is 56.3 Å². The zero-order valence-corrected chi connectivity index (χ0v) is 18.9. The van der Waals surface area contributed by atoms with Crippen LogP contribution < -0.4 is 0 Å². The van der Waals surface area contributed by atoms with E-state index in [0.717, 1.165) is 25.7 Å². The third kappa shape index (κ3) is 14.4. The van der Waals surface area contributed by atoms with Gasteiger partial charge in [0.25, 0.3) is 0 Å². The Morgan fingerprint density at radius 3 is 2.03 bits per heavy atom. The van der Waals surface area contributed by atoms with Gasteiger partial charge in [0.15, 0.2) is 11.9 Å². The zero-order valence-electron chi connectivity index (χ0n) is 18.9. The molecule has 0 unspecified atom stereocenters. The molecule has 5 N–H and O–H groups in total. The largest absolute Gasteiger partial charge is 0.505 e. The molecule has 182 valence electrons. The third-order valence-corrected chi connectivity index (χ3v) is 4.57. The normalized spacial score (nSPS) is 17.2. The van der Waals surface area contributed by atoms with E-state index < -0.39 is 42.3 Å². The van der Waals surface area contributed by atoms with Crippen molar-refractivity contribution in [2.24, 2.45) is 0 Å². The predicted octanol–water partition coefficient (Wildman–Crippen LogP) is 4.25. The Balaban J connectivity index is 0.000000677. The first kappa shape index (κ1) is 29.4. The monoisotopic (exact) mass is 454 g/mol. The van der Waals surface area contributed by atoms with E-state index in [1.165, 1.54) is 32.1 Å². The van der Waals surface area contributed by atoms with Crippen LogP contribution >= 0.6 is 0 Å². The molecule has 1 heterocycles. The van der Waals surface area contributed by atoms with E-state index in [9.17, 15) is 9.59 Å². The topological polar surface area (TPSA) is 145 Å². The molecule has 8 nitrogen and oxygen atoms in total. The van der Waals surface area contributed by atoms with Gasteiger partial charge in [-0.1, -0.05) is 75.5 Å². The van der Waals surface area contributed by atoms with E-state index in [-0.39, 0.29) is 0 Å². The Labute approximate surface area is 190 Å². The first-order chi connectivity index (χ1) is 15.3. The molecule has 1 aliphatic heterocycles. The zero-order chi connectivity index (χ0) is 24.2. The molecule has 0 bridgehead atoms. The van der Waals surface area contributed by atoms with Crippen LogP contribution in [-0.2, 0) is 14.3 Å². The van der Waals surface area contributed by atoms with Crippen LogP contribution in [0.2, 0.25) is 0 Å². The smallest absolute Gasteiger partial charge is 0.377 e. The number of aliphatic hydroxyl groups excluding tert-OH is 4. The van der Waals surface area contributed by atoms with Gasteiger partial charge >= 0.3 is 11.9 Å². The summed E-state index contributed by atoms with van der Waals surface area (Å²) in [5.41, 5.74) is 0. The first-order valence-electron chi connectivity index (χ1n) is 11.2. The second-order valence-corrected chi connectivity index (χ2v) is 7.39. The fourth-order valence-corrected chi connectivity index (χ4v) is 2.69. The maximum absolute atomic E-state index is 10.5. The lowest BCUT2D eigenvalue weighted by atomic mass is 10.1. The van der Waals surface area contributed by atoms with Gasteiger partial charge in [0.05, 0.1) is 6.61 Å². The van der Waals surface area contributed by atoms with Crippen molar-refractivity contribution in [3.63, 3.8) is 0 Å². The number of cyclic esters (lactones) is 1. The molecule has 0 aliphatic carbocycles. The number of allylic oxidation sites excluding steroid dienone is 6. The molecular formula is C24H38O8. The van der Waals surface area contributed by atoms with Gasteiger partial charge in [-0.3, -0.25) is 4.79 Å². The van der Waals surface area contributed by atoms with E-state index in [4.69, 9.17) is 25.5 Å². The van der Waals surface area contributed by atoms with Gasteiger partial charge in [-0.15, -0.1) is 0 Å². The van der Waals surface area contributed by atoms with Crippen molar-refractivity contribution in [2.75, 3.05) is 6.61 Å². The van der Waals surface area contributed by atoms with E-state index >= 15 is 0 Å². The first-order valence-corrected chi connectivity index (χ1v) is 11.2. The van der Waals surface area contributed by atoms with E-state index in [1.54, 1.807) is 0 Å². The maximum atomic E-state index is 10.5. The average Bonchev–Trinajstić information content (AvgIpc) is 3.03. The highest BCUT2D eigenvalue weighted by Gasteiger charge is 2.38. The second-order valence-electron chi connectivity index (χ2n) is 7.39. The number of carboxylic acids is 1. The Hall–Kier alpha value is -2.58. The number of ether oxygens (including phenoxy) is 1. The van der Waals surface area contributed by atoms with Crippen molar-refractivity contribution in [2.45, 2.75) is 83.3 Å². The number of aliphatic hydroxyl groups is 4. The minimum absolute atomic E-state index is 0.316. The lowest BCUT2D eigenvalue weighted by Gasteiger charge is -2.13. The summed E-state index contributed by atoms with van der Waals surface area (Å²) in [6.07, 6.45) is 20.6. The molecule has 1 aliphatic rings. The second kappa shape index (κ2) is 19.1. The minimum atomic E-state index is -1.42. The Kier molecular flexibility index (Phi) is 17.6. The number of esters is 1. The molecule has 32 heavy (non-hydrogen) atoms. The van der Waals surface area contributed by atoms with Crippen LogP contribution in [0, 0.1) is 0 Å². The summed E-state index contributed by atoms with van der Waals surface area (Å²) in [4.78, 5) is 20.8. The molecule has 2 atom stereocenters. The molecule has 8 heteroatoms. The van der Waals surface area contributed by atoms with Gasteiger partial charge in [-0.2, -0.15) is 0 Å². The molecule has 1 rings (SSSR count). The number of unbranched alkanes of at least 4 members (excludes halogenated alkanes) is 7. The number of aliphatic carboxylic acids is 1. The van der Waals surface area contributed by atoms with E-state index in [1.807, 2.05) is 0 Å². The summed E-state index contributed by atoms with van der Waals surface area (Å²) >= 11 is 0. The number of carboxylic acid groups (broad SMARTS) is 1. The number of hydrogen-bond acceptors (Lipinski definition) is 7. The van der Waals surface area contributed by atoms with Gasteiger partial charge in [0, 0.05) is 6.42 Å². The molecule has 0 aromatic rings. The molecule has 0 saturated heterocycles. The summed E-state index contributed by atoms with van der Waals surface area (Å²) in [5, 5.41) is 43.5. The maximum Gasteiger partial charge on any atom is 0.377 e. The highest BCUT2D eigenvalue weighted by atomic mass is 16.6. The minimum Gasteiger partial charge on any atom is -0.505 e. The standard InChI is InChI=1S/C18H30O2.C6H8O6/c1-2-3-4-5-6-7-8-9-10-11-12-13-14-15-16-17-18(19)20;7-1-2(8)5-3(9)4(10)6(11)12-5/h5-10H,2-4,11-17H2,1H3,(H,19,20);2,5,7-10H,1H2/t;2-,5+/m.0/s1. The summed E-state index contributed by atoms with van der Waals surface area (Å²) in [7, 11) is 0. The van der Waals surface area contributed by atoms with Crippen molar-refractivity contribution < 1.29 is 39.9 Å². The molecule has 0 aromatic carbocycles. The summed E-state index contributed by atoms with van der Waals surface area (Å²) in [5.74, 6) is -3.46. The molecule has 0 spiro atoms. The summed E-state index contributed by atoms with van der Waals surface area (Å²) in [6, 6.07) is 0. The highest BCUT2D eigenvalue weighted by Crippen LogP contribution is 2.20. The van der Waals surface area contributed by atoms with Crippen LogP contribution in [0.3, 0.4) is 0 Å². The lowest BCUT2D eigenvalue weighted by molar-refractivity contribution is -0.147. The molecule has 0 amide bonds. The van der Waals surface area contributed by atoms with E-state index in [2.05, 4.69) is 48.1 Å². The highest BCUT2D eigenvalue weighted by molar-refractivity contribution is 5.89. The number of rotatable bonds is 15. The Bertz CT molecular complexity index is 648. The number of carbonyl (C=O) groups is 2. The molecule has 0 radical (unpaired) electrons. The molecular weight excluding hydrogens is 416 g/mol. The molecule has 0 fully saturated rings. The van der Waals surface area contributed by atoms with Gasteiger partial charge in [0.1, 0.15) is 6.10 Å². The van der Waals surface area contributed by atoms with Crippen molar-refractivity contribution in [3.8, 4) is 0 Å². The van der Waals surface area contributed by atoms with Crippen LogP contribution in [0.25, 0.3) is 0 Å². The van der Waals surface area contributed by atoms with Gasteiger partial charge < -0.3 is 30.3 Å². The fourth-order valence-electron chi connectivity index (χ4n) is 2.69. The van der Waals surface area contributed by atoms with Gasteiger partial charge in [-0.05, 0) is 25.7 Å². The Morgan fingerprint density at radius 1 is 0.969 bits per heavy atom. The fraction of sp³-hybridized carbons (Fsp3) is 0.583. The summed E-state index contributed by atoms with van der Waals surface area (Å²) < 4.78 is 4.32. The van der Waals surface area contributed by atoms with E-state index in [0.29, 0.717) is 6.42 Å². The lowest BCUT2D eigenvalue weighted by Crippen LogP contribution is -2.31. The number of hydrogen-bond donors (Lipinski definition) is 5. The van der Waals surface area contributed by atoms with Crippen LogP contribution in [0.4, 0.5) is 0 Å². The van der Waals surface area contributed by atoms with Gasteiger partial charge in [0.2, 0.25) is 5.76 Å². The molecule has 0 saturated carbocycles. The van der Waals surface area contributed by atoms with Crippen LogP contribution in [0.1, 0.15) is 71.1 Å². The van der Waals surface area contributed by atoms with Crippen molar-refractivity contribution >= 4 is 11.9 Å². The quantitative estimate of drug-likeness (QED) is 0.140. The van der Waals surface area contributed by atoms with Crippen LogP contribution in [0.5, 0.6) is 0 Å². The average molecular weight is 455 g/mol. The Morgan fingerprint density at radius 2 is 1.53 bits per heavy atom. The number of carbonyl (C=O) groups excluding carboxylic acids is 1. The molecule has 0 aromatic heterocycles. The van der Waals surface area contributed by atoms with Crippen LogP contribution in [0.15, 0.2) is 48.0 Å².